The second-order valence-electron chi connectivity index (χ2n) is 4.23. The molecule has 5 nitrogen and oxygen atoms in total. The number of carbonyl (C=O) groups excluding carboxylic acids is 2. The first kappa shape index (κ1) is 15.0. The highest BCUT2D eigenvalue weighted by molar-refractivity contribution is 6.29. The van der Waals surface area contributed by atoms with Gasteiger partial charge in [-0.25, -0.2) is 9.78 Å². The highest BCUT2D eigenvalue weighted by Crippen LogP contribution is 2.11. The fraction of sp³-hybridized carbons (Fsp3) is 0.133. The van der Waals surface area contributed by atoms with E-state index in [-0.39, 0.29) is 23.2 Å². The van der Waals surface area contributed by atoms with E-state index < -0.39 is 5.97 Å². The van der Waals surface area contributed by atoms with Gasteiger partial charge in [-0.05, 0) is 24.3 Å². The number of para-hydroxylation sites is 1. The number of likely N-dealkylation sites (N-methyl/N-ethyl adjacent to an activating group) is 1. The van der Waals surface area contributed by atoms with Crippen molar-refractivity contribution >= 4 is 29.2 Å². The molecule has 2 aromatic rings. The summed E-state index contributed by atoms with van der Waals surface area (Å²) in [5, 5.41) is 0.284. The van der Waals surface area contributed by atoms with Crippen LogP contribution in [0.15, 0.2) is 48.7 Å². The van der Waals surface area contributed by atoms with Gasteiger partial charge in [-0.1, -0.05) is 29.8 Å². The average Bonchev–Trinajstić information content (AvgIpc) is 2.53. The van der Waals surface area contributed by atoms with Gasteiger partial charge in [-0.2, -0.15) is 0 Å². The Morgan fingerprint density at radius 2 is 1.90 bits per heavy atom. The fourth-order valence-corrected chi connectivity index (χ4v) is 1.71. The first-order chi connectivity index (χ1) is 10.1. The van der Waals surface area contributed by atoms with Crippen LogP contribution in [0, 0.1) is 0 Å². The van der Waals surface area contributed by atoms with Crippen LogP contribution in [0.2, 0.25) is 5.15 Å². The van der Waals surface area contributed by atoms with E-state index in [0.29, 0.717) is 0 Å². The first-order valence-corrected chi connectivity index (χ1v) is 6.56. The number of nitrogens with zero attached hydrogens (tertiary/aromatic N) is 2. The summed E-state index contributed by atoms with van der Waals surface area (Å²) in [5.74, 6) is -0.939. The molecule has 0 saturated carbocycles. The van der Waals surface area contributed by atoms with E-state index in [0.717, 1.165) is 5.69 Å². The van der Waals surface area contributed by atoms with Crippen LogP contribution < -0.4 is 4.90 Å². The van der Waals surface area contributed by atoms with E-state index in [1.165, 1.54) is 23.2 Å². The minimum absolute atomic E-state index is 0.245. The number of halogens is 1. The predicted molar refractivity (Wildman–Crippen MR) is 79.4 cm³/mol. The third-order valence-corrected chi connectivity index (χ3v) is 3.03. The van der Waals surface area contributed by atoms with E-state index in [4.69, 9.17) is 16.3 Å². The molecular weight excluding hydrogens is 292 g/mol. The van der Waals surface area contributed by atoms with Crippen molar-refractivity contribution in [2.45, 2.75) is 0 Å². The molecule has 1 aromatic carbocycles. The number of hydrogen-bond acceptors (Lipinski definition) is 4. The number of amides is 1. The lowest BCUT2D eigenvalue weighted by Gasteiger charge is -2.17. The van der Waals surface area contributed by atoms with Crippen LogP contribution in [0.25, 0.3) is 0 Å². The summed E-state index contributed by atoms with van der Waals surface area (Å²) >= 11 is 5.63. The van der Waals surface area contributed by atoms with Gasteiger partial charge in [0.25, 0.3) is 5.91 Å². The minimum Gasteiger partial charge on any atom is -0.452 e. The SMILES string of the molecule is CN(C(=O)COC(=O)c1ccc(Cl)nc1)c1ccccc1. The molecule has 0 aliphatic carbocycles. The van der Waals surface area contributed by atoms with Gasteiger partial charge in [0.05, 0.1) is 5.56 Å². The zero-order valence-corrected chi connectivity index (χ0v) is 12.1. The number of anilines is 1. The highest BCUT2D eigenvalue weighted by atomic mass is 35.5. The summed E-state index contributed by atoms with van der Waals surface area (Å²) < 4.78 is 4.96. The predicted octanol–water partition coefficient (Wildman–Crippen LogP) is 2.55. The van der Waals surface area contributed by atoms with Crippen molar-refractivity contribution in [2.24, 2.45) is 0 Å². The normalized spacial score (nSPS) is 10.0. The van der Waals surface area contributed by atoms with Crippen LogP contribution in [0.4, 0.5) is 5.69 Å². The number of carbonyl (C=O) groups is 2. The second kappa shape index (κ2) is 6.85. The summed E-state index contributed by atoms with van der Waals surface area (Å²) in [6, 6.07) is 12.1. The molecule has 21 heavy (non-hydrogen) atoms. The maximum Gasteiger partial charge on any atom is 0.340 e. The molecule has 0 saturated heterocycles. The Labute approximate surface area is 127 Å². The van der Waals surface area contributed by atoms with E-state index >= 15 is 0 Å². The molecule has 0 radical (unpaired) electrons. The molecule has 0 aliphatic rings. The lowest BCUT2D eigenvalue weighted by atomic mass is 10.3. The van der Waals surface area contributed by atoms with Gasteiger partial charge in [0, 0.05) is 18.9 Å². The Balaban J connectivity index is 1.92. The van der Waals surface area contributed by atoms with Gasteiger partial charge < -0.3 is 9.64 Å². The first-order valence-electron chi connectivity index (χ1n) is 6.18. The zero-order chi connectivity index (χ0) is 15.2. The highest BCUT2D eigenvalue weighted by Gasteiger charge is 2.14. The van der Waals surface area contributed by atoms with E-state index in [9.17, 15) is 9.59 Å². The van der Waals surface area contributed by atoms with Gasteiger partial charge in [-0.15, -0.1) is 0 Å². The van der Waals surface area contributed by atoms with Crippen LogP contribution in [0.1, 0.15) is 10.4 Å². The number of pyridine rings is 1. The van der Waals surface area contributed by atoms with E-state index in [1.54, 1.807) is 19.2 Å². The number of rotatable bonds is 4. The molecule has 0 bridgehead atoms. The molecule has 6 heteroatoms. The van der Waals surface area contributed by atoms with Crippen LogP contribution in [0.3, 0.4) is 0 Å². The van der Waals surface area contributed by atoms with Crippen LogP contribution in [0.5, 0.6) is 0 Å². The molecule has 0 unspecified atom stereocenters. The second-order valence-corrected chi connectivity index (χ2v) is 4.62. The molecule has 0 spiro atoms. The average molecular weight is 305 g/mol. The van der Waals surface area contributed by atoms with Crippen molar-refractivity contribution in [3.05, 3.63) is 59.4 Å². The third-order valence-electron chi connectivity index (χ3n) is 2.81. The van der Waals surface area contributed by atoms with Crippen molar-refractivity contribution in [2.75, 3.05) is 18.6 Å². The molecule has 2 rings (SSSR count). The summed E-state index contributed by atoms with van der Waals surface area (Å²) in [7, 11) is 1.62. The van der Waals surface area contributed by atoms with E-state index in [2.05, 4.69) is 4.98 Å². The fourth-order valence-electron chi connectivity index (χ4n) is 1.60. The number of hydrogen-bond donors (Lipinski definition) is 0. The summed E-state index contributed by atoms with van der Waals surface area (Å²) in [4.78, 5) is 28.9. The number of ether oxygens (including phenoxy) is 1. The van der Waals surface area contributed by atoms with Gasteiger partial charge in [0.15, 0.2) is 6.61 Å². The van der Waals surface area contributed by atoms with Crippen molar-refractivity contribution in [3.63, 3.8) is 0 Å². The lowest BCUT2D eigenvalue weighted by molar-refractivity contribution is -0.121. The third kappa shape index (κ3) is 4.03. The van der Waals surface area contributed by atoms with Crippen LogP contribution in [-0.2, 0) is 9.53 Å². The Morgan fingerprint density at radius 1 is 1.19 bits per heavy atom. The molecule has 108 valence electrons. The Hall–Kier alpha value is -2.40. The van der Waals surface area contributed by atoms with Gasteiger partial charge >= 0.3 is 5.97 Å². The monoisotopic (exact) mass is 304 g/mol. The van der Waals surface area contributed by atoms with Gasteiger partial charge in [0.1, 0.15) is 5.15 Å². The summed E-state index contributed by atoms with van der Waals surface area (Å²) in [6.07, 6.45) is 1.30. The molecular formula is C15H13ClN2O3. The summed E-state index contributed by atoms with van der Waals surface area (Å²) in [6.45, 7) is -0.340. The van der Waals surface area contributed by atoms with E-state index in [1.807, 2.05) is 18.2 Å². The molecule has 1 aromatic heterocycles. The zero-order valence-electron chi connectivity index (χ0n) is 11.3. The largest absolute Gasteiger partial charge is 0.452 e. The molecule has 0 N–H and O–H groups in total. The molecule has 1 heterocycles. The van der Waals surface area contributed by atoms with Crippen LogP contribution >= 0.6 is 11.6 Å². The number of benzene rings is 1. The quantitative estimate of drug-likeness (QED) is 0.643. The Bertz CT molecular complexity index is 629. The smallest absolute Gasteiger partial charge is 0.340 e. The van der Waals surface area contributed by atoms with Gasteiger partial charge in [0.2, 0.25) is 0 Å². The lowest BCUT2D eigenvalue weighted by Crippen LogP contribution is -2.31. The number of aromatic nitrogens is 1. The topological polar surface area (TPSA) is 59.5 Å². The standard InChI is InChI=1S/C15H13ClN2O3/c1-18(12-5-3-2-4-6-12)14(19)10-21-15(20)11-7-8-13(16)17-9-11/h2-9H,10H2,1H3. The van der Waals surface area contributed by atoms with Gasteiger partial charge in [-0.3, -0.25) is 4.79 Å². The van der Waals surface area contributed by atoms with Crippen LogP contribution in [-0.4, -0.2) is 30.5 Å². The molecule has 1 amide bonds. The molecule has 0 fully saturated rings. The maximum atomic E-state index is 11.9. The van der Waals surface area contributed by atoms with Crippen molar-refractivity contribution in [3.8, 4) is 0 Å². The number of esters is 1. The summed E-state index contributed by atoms with van der Waals surface area (Å²) in [5.41, 5.74) is 0.973. The Kier molecular flexibility index (Phi) is 4.90. The van der Waals surface area contributed by atoms with Crippen molar-refractivity contribution in [1.82, 2.24) is 4.98 Å². The minimum atomic E-state index is -0.617. The van der Waals surface area contributed by atoms with Crippen molar-refractivity contribution < 1.29 is 14.3 Å². The van der Waals surface area contributed by atoms with Crippen molar-refractivity contribution in [1.29, 1.82) is 0 Å². The molecule has 0 aliphatic heterocycles. The maximum absolute atomic E-state index is 11.9. The molecule has 0 atom stereocenters. The Morgan fingerprint density at radius 3 is 2.52 bits per heavy atom.